The summed E-state index contributed by atoms with van der Waals surface area (Å²) in [5.74, 6) is 2.03. The molecule has 7 aromatic carbocycles. The molecule has 0 fully saturated rings. The SMILES string of the molecule is CC(C)(C)c1ccnc(-n2c3[c-]c(Oc4[c-]c(N5[CH-]N(c6c(C(C)(C)C)cccc6C(C)(C)C)c6ccccc65)ccc4)ccc3c3cc(-n4c5ccccc5c5ccccc54)ccc32)c1.[Pt]. The molecule has 4 heterocycles. The van der Waals surface area contributed by atoms with E-state index in [-0.39, 0.29) is 37.3 Å². The number of hydrogen-bond acceptors (Lipinski definition) is 4. The van der Waals surface area contributed by atoms with E-state index >= 15 is 0 Å². The average Bonchev–Trinajstić information content (AvgIpc) is 3.96. The summed E-state index contributed by atoms with van der Waals surface area (Å²) in [6.07, 6.45) is 1.92. The maximum Gasteiger partial charge on any atom is 0.135 e. The van der Waals surface area contributed by atoms with Crippen molar-refractivity contribution in [2.45, 2.75) is 78.6 Å². The molecule has 0 saturated heterocycles. The van der Waals surface area contributed by atoms with Crippen LogP contribution in [0, 0.1) is 18.8 Å². The molecular formula is C60H54N5OPt-3. The van der Waals surface area contributed by atoms with Gasteiger partial charge in [-0.25, -0.2) is 4.98 Å². The zero-order chi connectivity index (χ0) is 45.7. The van der Waals surface area contributed by atoms with Crippen molar-refractivity contribution < 1.29 is 25.8 Å². The summed E-state index contributed by atoms with van der Waals surface area (Å²) in [6.45, 7) is 22.7. The fraction of sp³-hybridized carbons (Fsp3) is 0.200. The van der Waals surface area contributed by atoms with Crippen LogP contribution in [0.3, 0.4) is 0 Å². The predicted molar refractivity (Wildman–Crippen MR) is 275 cm³/mol. The normalized spacial score (nSPS) is 13.2. The third-order valence-electron chi connectivity index (χ3n) is 13.1. The molecular weight excluding hydrogens is 1000 g/mol. The van der Waals surface area contributed by atoms with Crippen LogP contribution in [-0.2, 0) is 37.3 Å². The quantitative estimate of drug-likeness (QED) is 0.156. The Morgan fingerprint density at radius 1 is 0.493 bits per heavy atom. The first-order valence-electron chi connectivity index (χ1n) is 23.0. The van der Waals surface area contributed by atoms with E-state index in [1.54, 1.807) is 0 Å². The van der Waals surface area contributed by atoms with Gasteiger partial charge in [0.15, 0.2) is 0 Å². The van der Waals surface area contributed by atoms with Gasteiger partial charge in [0, 0.05) is 77.8 Å². The van der Waals surface area contributed by atoms with Crippen LogP contribution in [0.1, 0.15) is 79.0 Å². The molecule has 6 nitrogen and oxygen atoms in total. The molecule has 0 N–H and O–H groups in total. The van der Waals surface area contributed by atoms with E-state index in [4.69, 9.17) is 9.72 Å². The van der Waals surface area contributed by atoms with E-state index in [0.29, 0.717) is 11.5 Å². The fourth-order valence-electron chi connectivity index (χ4n) is 9.81. The van der Waals surface area contributed by atoms with Crippen molar-refractivity contribution in [3.05, 3.63) is 193 Å². The van der Waals surface area contributed by atoms with Gasteiger partial charge in [-0.05, 0) is 92.9 Å². The van der Waals surface area contributed by atoms with Crippen molar-refractivity contribution >= 4 is 66.4 Å². The van der Waals surface area contributed by atoms with E-state index < -0.39 is 0 Å². The summed E-state index contributed by atoms with van der Waals surface area (Å²) in [6, 6.07) is 61.4. The minimum absolute atomic E-state index is 0. The first kappa shape index (κ1) is 44.2. The van der Waals surface area contributed by atoms with Gasteiger partial charge in [0.1, 0.15) is 5.82 Å². The van der Waals surface area contributed by atoms with Crippen LogP contribution < -0.4 is 14.5 Å². The molecule has 3 aromatic heterocycles. The van der Waals surface area contributed by atoms with Crippen molar-refractivity contribution in [1.29, 1.82) is 0 Å². The summed E-state index contributed by atoms with van der Waals surface area (Å²) < 4.78 is 11.4. The molecule has 67 heavy (non-hydrogen) atoms. The van der Waals surface area contributed by atoms with Crippen molar-refractivity contribution in [1.82, 2.24) is 14.1 Å². The molecule has 0 bridgehead atoms. The number of aromatic nitrogens is 3. The smallest absolute Gasteiger partial charge is 0.135 e. The maximum atomic E-state index is 6.75. The minimum Gasteiger partial charge on any atom is -0.509 e. The Morgan fingerprint density at radius 3 is 1.75 bits per heavy atom. The number of fused-ring (bicyclic) bond motifs is 7. The molecule has 338 valence electrons. The van der Waals surface area contributed by atoms with Gasteiger partial charge in [-0.1, -0.05) is 135 Å². The number of pyridine rings is 1. The van der Waals surface area contributed by atoms with Gasteiger partial charge < -0.3 is 23.7 Å². The predicted octanol–water partition coefficient (Wildman–Crippen LogP) is 16.0. The Kier molecular flexibility index (Phi) is 10.8. The van der Waals surface area contributed by atoms with Gasteiger partial charge in [-0.2, -0.15) is 12.1 Å². The van der Waals surface area contributed by atoms with Crippen LogP contribution >= 0.6 is 0 Å². The molecule has 10 aromatic rings. The minimum atomic E-state index is -0.0733. The molecule has 0 amide bonds. The topological polar surface area (TPSA) is 38.5 Å². The van der Waals surface area contributed by atoms with Gasteiger partial charge >= 0.3 is 0 Å². The van der Waals surface area contributed by atoms with Crippen molar-refractivity contribution in [2.75, 3.05) is 9.80 Å². The molecule has 1 aliphatic heterocycles. The van der Waals surface area contributed by atoms with Crippen LogP contribution in [0.2, 0.25) is 0 Å². The summed E-state index contributed by atoms with van der Waals surface area (Å²) in [5.41, 5.74) is 13.3. The van der Waals surface area contributed by atoms with E-state index in [9.17, 15) is 0 Å². The van der Waals surface area contributed by atoms with Crippen LogP contribution in [0.5, 0.6) is 11.5 Å². The number of nitrogens with zero attached hydrogens (tertiary/aromatic N) is 5. The Bertz CT molecular complexity index is 3440. The molecule has 7 heteroatoms. The van der Waals surface area contributed by atoms with Gasteiger partial charge in [-0.15, -0.1) is 48.1 Å². The fourth-order valence-corrected chi connectivity index (χ4v) is 9.81. The van der Waals surface area contributed by atoms with Crippen LogP contribution in [-0.4, -0.2) is 14.1 Å². The standard InChI is InChI=1S/C60H54N5O.Pt/c1-58(2,3)39-32-33-61-56(34-39)65-52-31-28-41(64-50-24-12-10-20-44(50)45-21-11-13-25-51(45)64)36-47(52)46-30-29-43(37-55(46)65)66-42-19-16-18-40(35-42)62-38-63(54-27-15-14-26-53(54)62)57-48(59(4,5)6)22-17-23-49(57)60(7,8)9;/h10-34,36,38H,1-9H3;/q-3;. The van der Waals surface area contributed by atoms with Gasteiger partial charge in [-0.3, -0.25) is 0 Å². The zero-order valence-electron chi connectivity index (χ0n) is 39.5. The Labute approximate surface area is 408 Å². The number of benzene rings is 7. The van der Waals surface area contributed by atoms with Crippen molar-refractivity contribution in [3.8, 4) is 23.0 Å². The summed E-state index contributed by atoms with van der Waals surface area (Å²) in [5, 5.41) is 4.65. The number of ether oxygens (including phenoxy) is 1. The van der Waals surface area contributed by atoms with E-state index in [0.717, 1.165) is 50.4 Å². The average molecular weight is 1060 g/mol. The third kappa shape index (κ3) is 7.60. The molecule has 11 rings (SSSR count). The molecule has 0 atom stereocenters. The second-order valence-electron chi connectivity index (χ2n) is 20.7. The molecule has 0 spiro atoms. The van der Waals surface area contributed by atoms with Crippen molar-refractivity contribution in [2.24, 2.45) is 0 Å². The monoisotopic (exact) mass is 1060 g/mol. The van der Waals surface area contributed by atoms with E-state index in [1.807, 2.05) is 24.4 Å². The zero-order valence-corrected chi connectivity index (χ0v) is 41.8. The van der Waals surface area contributed by atoms with Gasteiger partial charge in [0.05, 0.1) is 11.0 Å². The largest absolute Gasteiger partial charge is 0.509 e. The maximum absolute atomic E-state index is 6.75. The number of anilines is 4. The molecule has 0 aliphatic carbocycles. The van der Waals surface area contributed by atoms with E-state index in [1.165, 1.54) is 44.2 Å². The van der Waals surface area contributed by atoms with Crippen LogP contribution in [0.15, 0.2) is 158 Å². The van der Waals surface area contributed by atoms with Crippen LogP contribution in [0.25, 0.3) is 55.1 Å². The molecule has 0 saturated carbocycles. The molecule has 0 radical (unpaired) electrons. The Hall–Kier alpha value is -6.62. The second kappa shape index (κ2) is 16.3. The number of rotatable bonds is 6. The molecule has 0 unspecified atom stereocenters. The van der Waals surface area contributed by atoms with Crippen LogP contribution in [0.4, 0.5) is 22.7 Å². The third-order valence-corrected chi connectivity index (χ3v) is 13.1. The second-order valence-corrected chi connectivity index (χ2v) is 20.7. The van der Waals surface area contributed by atoms with Gasteiger partial charge in [0.25, 0.3) is 0 Å². The Morgan fingerprint density at radius 2 is 1.09 bits per heavy atom. The first-order chi connectivity index (χ1) is 31.6. The first-order valence-corrected chi connectivity index (χ1v) is 23.0. The summed E-state index contributed by atoms with van der Waals surface area (Å²) in [4.78, 5) is 9.57. The van der Waals surface area contributed by atoms with E-state index in [2.05, 4.69) is 234 Å². The number of para-hydroxylation sites is 5. The summed E-state index contributed by atoms with van der Waals surface area (Å²) >= 11 is 0. The van der Waals surface area contributed by atoms with Gasteiger partial charge in [0.2, 0.25) is 0 Å². The Balaban J connectivity index is 0.00000525. The van der Waals surface area contributed by atoms with Crippen molar-refractivity contribution in [3.63, 3.8) is 0 Å². The number of hydrogen-bond donors (Lipinski definition) is 0. The molecule has 1 aliphatic rings. The summed E-state index contributed by atoms with van der Waals surface area (Å²) in [7, 11) is 0.